The minimum absolute atomic E-state index is 0.146. The van der Waals surface area contributed by atoms with Crippen LogP contribution in [0.4, 0.5) is 11.5 Å². The van der Waals surface area contributed by atoms with E-state index in [4.69, 9.17) is 10.5 Å². The Morgan fingerprint density at radius 1 is 1.50 bits per heavy atom. The lowest BCUT2D eigenvalue weighted by Gasteiger charge is -2.25. The van der Waals surface area contributed by atoms with E-state index in [0.717, 1.165) is 19.6 Å². The van der Waals surface area contributed by atoms with Gasteiger partial charge in [-0.3, -0.25) is 0 Å². The average molecular weight is 224 g/mol. The predicted octanol–water partition coefficient (Wildman–Crippen LogP) is 1.53. The minimum atomic E-state index is 0.146. The number of aromatic nitrogens is 2. The molecule has 0 aliphatic rings. The van der Waals surface area contributed by atoms with Gasteiger partial charge < -0.3 is 15.8 Å². The van der Waals surface area contributed by atoms with Crippen molar-refractivity contribution in [2.24, 2.45) is 5.41 Å². The molecule has 1 heterocycles. The van der Waals surface area contributed by atoms with Gasteiger partial charge in [-0.1, -0.05) is 13.8 Å². The SMILES string of the molecule is COCCC(C)(C)CNc1ncncc1N. The van der Waals surface area contributed by atoms with E-state index in [9.17, 15) is 0 Å². The van der Waals surface area contributed by atoms with Crippen LogP contribution in [0.2, 0.25) is 0 Å². The summed E-state index contributed by atoms with van der Waals surface area (Å²) in [6.07, 6.45) is 4.07. The minimum Gasteiger partial charge on any atom is -0.394 e. The molecule has 16 heavy (non-hydrogen) atoms. The number of nitrogens with two attached hydrogens (primary N) is 1. The van der Waals surface area contributed by atoms with Crippen molar-refractivity contribution in [3.63, 3.8) is 0 Å². The van der Waals surface area contributed by atoms with Gasteiger partial charge >= 0.3 is 0 Å². The van der Waals surface area contributed by atoms with Crippen molar-refractivity contribution in [3.8, 4) is 0 Å². The summed E-state index contributed by atoms with van der Waals surface area (Å²) >= 11 is 0. The van der Waals surface area contributed by atoms with E-state index in [1.54, 1.807) is 13.3 Å². The van der Waals surface area contributed by atoms with E-state index in [0.29, 0.717) is 11.5 Å². The summed E-state index contributed by atoms with van der Waals surface area (Å²) in [5.74, 6) is 0.695. The molecule has 0 aromatic carbocycles. The Hall–Kier alpha value is -1.36. The van der Waals surface area contributed by atoms with Crippen LogP contribution in [0.25, 0.3) is 0 Å². The van der Waals surface area contributed by atoms with Crippen LogP contribution in [0.3, 0.4) is 0 Å². The standard InChI is InChI=1S/C11H20N4O/c1-11(2,4-5-16-3)7-14-10-9(12)6-13-8-15-10/h6,8H,4-5,7,12H2,1-3H3,(H,13,14,15). The molecule has 0 fully saturated rings. The number of anilines is 2. The zero-order valence-electron chi connectivity index (χ0n) is 10.2. The molecule has 5 heteroatoms. The molecule has 0 amide bonds. The number of hydrogen-bond donors (Lipinski definition) is 2. The van der Waals surface area contributed by atoms with E-state index in [1.165, 1.54) is 6.33 Å². The number of rotatable bonds is 6. The quantitative estimate of drug-likeness (QED) is 0.766. The Morgan fingerprint density at radius 2 is 2.25 bits per heavy atom. The highest BCUT2D eigenvalue weighted by Crippen LogP contribution is 2.22. The molecular formula is C11H20N4O. The van der Waals surface area contributed by atoms with Gasteiger partial charge in [0.1, 0.15) is 6.33 Å². The van der Waals surface area contributed by atoms with Gasteiger partial charge in [0, 0.05) is 20.3 Å². The lowest BCUT2D eigenvalue weighted by molar-refractivity contribution is 0.157. The fraction of sp³-hybridized carbons (Fsp3) is 0.636. The van der Waals surface area contributed by atoms with Crippen LogP contribution in [0.15, 0.2) is 12.5 Å². The summed E-state index contributed by atoms with van der Waals surface area (Å²) in [6, 6.07) is 0. The van der Waals surface area contributed by atoms with E-state index in [-0.39, 0.29) is 5.41 Å². The molecule has 0 aliphatic heterocycles. The lowest BCUT2D eigenvalue weighted by Crippen LogP contribution is -2.25. The van der Waals surface area contributed by atoms with Gasteiger partial charge in [-0.05, 0) is 11.8 Å². The summed E-state index contributed by atoms with van der Waals surface area (Å²) in [5.41, 5.74) is 6.46. The first-order valence-corrected chi connectivity index (χ1v) is 5.33. The van der Waals surface area contributed by atoms with Gasteiger partial charge in [0.15, 0.2) is 5.82 Å². The van der Waals surface area contributed by atoms with Gasteiger partial charge in [0.05, 0.1) is 11.9 Å². The summed E-state index contributed by atoms with van der Waals surface area (Å²) in [6.45, 7) is 5.91. The third kappa shape index (κ3) is 4.02. The number of nitrogens with one attached hydrogen (secondary N) is 1. The van der Waals surface area contributed by atoms with Gasteiger partial charge in [-0.25, -0.2) is 9.97 Å². The molecule has 0 saturated carbocycles. The van der Waals surface area contributed by atoms with Crippen molar-refractivity contribution in [2.75, 3.05) is 31.3 Å². The van der Waals surface area contributed by atoms with Crippen molar-refractivity contribution in [2.45, 2.75) is 20.3 Å². The smallest absolute Gasteiger partial charge is 0.152 e. The highest BCUT2D eigenvalue weighted by Gasteiger charge is 2.17. The number of methoxy groups -OCH3 is 1. The molecule has 0 atom stereocenters. The third-order valence-corrected chi connectivity index (χ3v) is 2.46. The van der Waals surface area contributed by atoms with Gasteiger partial charge in [0.2, 0.25) is 0 Å². The first-order chi connectivity index (χ1) is 7.55. The maximum atomic E-state index is 5.74. The molecule has 0 spiro atoms. The average Bonchev–Trinajstić information content (AvgIpc) is 2.26. The molecule has 1 aromatic rings. The highest BCUT2D eigenvalue weighted by atomic mass is 16.5. The van der Waals surface area contributed by atoms with Crippen molar-refractivity contribution in [1.29, 1.82) is 0 Å². The Labute approximate surface area is 96.4 Å². The lowest BCUT2D eigenvalue weighted by atomic mass is 9.90. The molecule has 0 radical (unpaired) electrons. The van der Waals surface area contributed by atoms with Gasteiger partial charge in [0.25, 0.3) is 0 Å². The normalized spacial score (nSPS) is 11.4. The molecule has 1 aromatic heterocycles. The van der Waals surface area contributed by atoms with Crippen molar-refractivity contribution in [1.82, 2.24) is 9.97 Å². The van der Waals surface area contributed by atoms with Crippen LogP contribution in [0.1, 0.15) is 20.3 Å². The molecule has 3 N–H and O–H groups in total. The summed E-state index contributed by atoms with van der Waals surface area (Å²) in [4.78, 5) is 7.93. The second kappa shape index (κ2) is 5.65. The Morgan fingerprint density at radius 3 is 2.88 bits per heavy atom. The number of hydrogen-bond acceptors (Lipinski definition) is 5. The molecule has 0 aliphatic carbocycles. The Bertz CT molecular complexity index is 328. The second-order valence-electron chi connectivity index (χ2n) is 4.59. The molecule has 0 bridgehead atoms. The zero-order chi connectivity index (χ0) is 12.0. The molecule has 0 unspecified atom stereocenters. The van der Waals surface area contributed by atoms with E-state index in [1.807, 2.05) is 0 Å². The second-order valence-corrected chi connectivity index (χ2v) is 4.59. The van der Waals surface area contributed by atoms with Crippen LogP contribution in [-0.2, 0) is 4.74 Å². The van der Waals surface area contributed by atoms with Crippen LogP contribution >= 0.6 is 0 Å². The summed E-state index contributed by atoms with van der Waals surface area (Å²) in [7, 11) is 1.71. The van der Waals surface area contributed by atoms with E-state index < -0.39 is 0 Å². The molecule has 90 valence electrons. The van der Waals surface area contributed by atoms with Crippen LogP contribution in [0.5, 0.6) is 0 Å². The van der Waals surface area contributed by atoms with Crippen molar-refractivity contribution < 1.29 is 4.74 Å². The number of nitrogens with zero attached hydrogens (tertiary/aromatic N) is 2. The Balaban J connectivity index is 2.47. The van der Waals surface area contributed by atoms with E-state index >= 15 is 0 Å². The molecular weight excluding hydrogens is 204 g/mol. The molecule has 0 saturated heterocycles. The molecule has 5 nitrogen and oxygen atoms in total. The number of ether oxygens (including phenoxy) is 1. The van der Waals surface area contributed by atoms with Crippen LogP contribution in [0, 0.1) is 5.41 Å². The van der Waals surface area contributed by atoms with Crippen molar-refractivity contribution in [3.05, 3.63) is 12.5 Å². The topological polar surface area (TPSA) is 73.1 Å². The predicted molar refractivity (Wildman–Crippen MR) is 65.2 cm³/mol. The number of nitrogen functional groups attached to an aromatic ring is 1. The largest absolute Gasteiger partial charge is 0.394 e. The summed E-state index contributed by atoms with van der Waals surface area (Å²) in [5, 5.41) is 3.23. The summed E-state index contributed by atoms with van der Waals surface area (Å²) < 4.78 is 5.08. The van der Waals surface area contributed by atoms with Crippen LogP contribution < -0.4 is 11.1 Å². The monoisotopic (exact) mass is 224 g/mol. The maximum Gasteiger partial charge on any atom is 0.152 e. The van der Waals surface area contributed by atoms with Gasteiger partial charge in [-0.15, -0.1) is 0 Å². The Kier molecular flexibility index (Phi) is 4.49. The van der Waals surface area contributed by atoms with E-state index in [2.05, 4.69) is 29.1 Å². The van der Waals surface area contributed by atoms with Gasteiger partial charge in [-0.2, -0.15) is 0 Å². The highest BCUT2D eigenvalue weighted by molar-refractivity contribution is 5.58. The third-order valence-electron chi connectivity index (χ3n) is 2.46. The first-order valence-electron chi connectivity index (χ1n) is 5.33. The van der Waals surface area contributed by atoms with Crippen molar-refractivity contribution >= 4 is 11.5 Å². The molecule has 1 rings (SSSR count). The fourth-order valence-corrected chi connectivity index (χ4v) is 1.28. The van der Waals surface area contributed by atoms with Crippen LogP contribution in [-0.4, -0.2) is 30.2 Å². The fourth-order valence-electron chi connectivity index (χ4n) is 1.28. The zero-order valence-corrected chi connectivity index (χ0v) is 10.2. The maximum absolute atomic E-state index is 5.74. The first kappa shape index (κ1) is 12.7.